The lowest BCUT2D eigenvalue weighted by Gasteiger charge is -2.51. The molecule has 0 aromatic rings. The third-order valence-corrected chi connectivity index (χ3v) is 28.7. The van der Waals surface area contributed by atoms with E-state index in [2.05, 4.69) is 95.1 Å². The van der Waals surface area contributed by atoms with Crippen LogP contribution in [0.25, 0.3) is 0 Å². The van der Waals surface area contributed by atoms with Crippen molar-refractivity contribution in [3.8, 4) is 0 Å². The van der Waals surface area contributed by atoms with E-state index in [4.69, 9.17) is 66.0 Å². The quantitative estimate of drug-likeness (QED) is 0.0492. The fourth-order valence-corrected chi connectivity index (χ4v) is 18.6. The highest BCUT2D eigenvalue weighted by molar-refractivity contribution is 6.74. The van der Waals surface area contributed by atoms with Crippen molar-refractivity contribution < 1.29 is 85.5 Å². The SMILES string of the molecule is C=CCOC12C[C@]3(O)CC[C@H]4CC(=C)C(CC[C@H]5C[C@@H](C)C(=C)C(C[C@@H]6O[C@H]7C[C@@H](OC)[C@@H](CC(=O)/C=C/[C@@H](O[Si](C)(C)C(C)(C)C)[C@@H](C)CC(=O)C[C@H](C)[C@@H]8OC([C@@H](C)C[C@@H](C)CC)C[C@@H]8OC)O[C@H]7[C@H](C)[C@H]6OC(=O)CC6CC[C@@H]7OC([C@@H](O1)[C@@H](O3)[C@H]7O6)[C@@H]2C)O5)O4. The molecule has 29 atom stereocenters. The molecule has 0 spiro atoms. The summed E-state index contributed by atoms with van der Waals surface area (Å²) in [5.41, 5.74) is 2.00. The average Bonchev–Trinajstić information content (AvgIpc) is 1.54. The van der Waals surface area contributed by atoms with E-state index in [-0.39, 0.29) is 140 Å². The van der Waals surface area contributed by atoms with Crippen molar-refractivity contribution in [2.75, 3.05) is 20.8 Å². The van der Waals surface area contributed by atoms with Gasteiger partial charge in [-0.1, -0.05) is 108 Å². The Balaban J connectivity index is 0.853. The second kappa shape index (κ2) is 30.7. The lowest BCUT2D eigenvalue weighted by molar-refractivity contribution is -0.323. The second-order valence-electron chi connectivity index (χ2n) is 32.4. The molecule has 532 valence electrons. The molecule has 0 aromatic carbocycles. The van der Waals surface area contributed by atoms with E-state index in [9.17, 15) is 19.5 Å². The van der Waals surface area contributed by atoms with Gasteiger partial charge in [0.1, 0.15) is 30.2 Å². The van der Waals surface area contributed by atoms with Crippen molar-refractivity contribution in [3.05, 3.63) is 49.1 Å². The zero-order valence-corrected chi connectivity index (χ0v) is 60.8. The highest BCUT2D eigenvalue weighted by atomic mass is 28.4. The van der Waals surface area contributed by atoms with E-state index in [1.54, 1.807) is 26.4 Å². The maximum Gasteiger partial charge on any atom is 0.308 e. The molecule has 10 bridgehead atoms. The van der Waals surface area contributed by atoms with Crippen LogP contribution in [0.2, 0.25) is 18.1 Å². The van der Waals surface area contributed by atoms with Gasteiger partial charge in [0.2, 0.25) is 0 Å². The van der Waals surface area contributed by atoms with E-state index in [1.807, 2.05) is 19.9 Å². The van der Waals surface area contributed by atoms with E-state index in [1.165, 1.54) is 0 Å². The van der Waals surface area contributed by atoms with Gasteiger partial charge in [-0.2, -0.15) is 0 Å². The van der Waals surface area contributed by atoms with Crippen LogP contribution in [0, 0.1) is 41.4 Å². The van der Waals surface area contributed by atoms with Gasteiger partial charge in [-0.05, 0) is 116 Å². The normalized spacial score (nSPS) is 42.9. The standard InChI is InChI=1S/C75H120O18Si/c1-19-29-82-75-40-74(79)28-27-54-34-45(7)55(83-54)25-22-52-33-42(4)47(9)59(84-52)38-63-68(90-65(78)36-53-23-26-57-70(85-53)72(91-74)71(92-75)69(87-57)49(75)11)48(10)67-64(86-63)39-60(80-15)61(89-67)35-50(76)21-24-56(93-94(17,18)73(12,13)14)44(6)31-51(77)32-46(8)66-62(81-16)37-58(88-66)43(5)30-41(3)20-2/h19,21,24,41-44,46,48-49,52-64,66-72,79H,1,7,9,20,22-23,25-40H2,2-6,8,10-18H3/b24-21+/t41-,42+,43-,44-,46-,48-,49-,52-,53?,54-,55?,56+,57-,58?,59?,60+,61+,62-,63-,64-,66-,67-,68+,69?,70-,71+,72-,74-,75?/m0/s1. The van der Waals surface area contributed by atoms with Crippen molar-refractivity contribution >= 4 is 25.9 Å². The summed E-state index contributed by atoms with van der Waals surface area (Å²) in [7, 11) is 0.981. The number of hydrogen-bond acceptors (Lipinski definition) is 18. The molecule has 10 heterocycles. The van der Waals surface area contributed by atoms with Crippen molar-refractivity contribution in [2.24, 2.45) is 41.4 Å². The Hall–Kier alpha value is -2.57. The van der Waals surface area contributed by atoms with Crippen molar-refractivity contribution in [1.82, 2.24) is 0 Å². The third-order valence-electron chi connectivity index (χ3n) is 24.2. The van der Waals surface area contributed by atoms with Crippen LogP contribution in [0.5, 0.6) is 0 Å². The summed E-state index contributed by atoms with van der Waals surface area (Å²) in [4.78, 5) is 43.4. The Morgan fingerprint density at radius 3 is 2.16 bits per heavy atom. The number of ether oxygens (including phenoxy) is 13. The minimum absolute atomic E-state index is 0.0196. The molecular formula is C75H120O18Si. The molecule has 10 saturated heterocycles. The highest BCUT2D eigenvalue weighted by Gasteiger charge is 2.68. The second-order valence-corrected chi connectivity index (χ2v) is 37.1. The molecule has 0 aromatic heterocycles. The number of aliphatic hydroxyl groups is 1. The van der Waals surface area contributed by atoms with Crippen molar-refractivity contribution in [2.45, 2.75) is 344 Å². The summed E-state index contributed by atoms with van der Waals surface area (Å²) in [5.74, 6) is -3.09. The van der Waals surface area contributed by atoms with Crippen LogP contribution in [-0.4, -0.2) is 185 Å². The number of methoxy groups -OCH3 is 2. The number of allylic oxidation sites excluding steroid dienone is 1. The first-order valence-electron chi connectivity index (χ1n) is 36.4. The largest absolute Gasteiger partial charge is 0.459 e. The van der Waals surface area contributed by atoms with Crippen LogP contribution in [0.4, 0.5) is 0 Å². The molecule has 18 nitrogen and oxygen atoms in total. The number of fused-ring (bicyclic) bond motifs is 9. The Morgan fingerprint density at radius 1 is 0.745 bits per heavy atom. The van der Waals surface area contributed by atoms with Crippen LogP contribution >= 0.6 is 0 Å². The van der Waals surface area contributed by atoms with Gasteiger partial charge in [-0.3, -0.25) is 14.4 Å². The molecule has 19 heteroatoms. The van der Waals surface area contributed by atoms with Crippen molar-refractivity contribution in [3.63, 3.8) is 0 Å². The van der Waals surface area contributed by atoms with Gasteiger partial charge in [0.25, 0.3) is 0 Å². The summed E-state index contributed by atoms with van der Waals surface area (Å²) < 4.78 is 94.7. The van der Waals surface area contributed by atoms with E-state index in [0.29, 0.717) is 56.8 Å². The third kappa shape index (κ3) is 16.6. The Bertz CT molecular complexity index is 2660. The Labute approximate surface area is 563 Å². The molecule has 0 saturated carbocycles. The minimum atomic E-state index is -2.40. The van der Waals surface area contributed by atoms with Crippen LogP contribution < -0.4 is 0 Å². The molecule has 94 heavy (non-hydrogen) atoms. The number of ketones is 2. The van der Waals surface area contributed by atoms with Crippen LogP contribution in [0.3, 0.4) is 0 Å². The molecule has 1 N–H and O–H groups in total. The number of carbonyl (C=O) groups excluding carboxylic acids is 3. The summed E-state index contributed by atoms with van der Waals surface area (Å²) in [6.45, 7) is 41.4. The highest BCUT2D eigenvalue weighted by Crippen LogP contribution is 2.55. The number of carbonyl (C=O) groups is 3. The van der Waals surface area contributed by atoms with E-state index < -0.39 is 93.0 Å². The predicted molar refractivity (Wildman–Crippen MR) is 358 cm³/mol. The number of hydrogen-bond donors (Lipinski definition) is 1. The van der Waals surface area contributed by atoms with Gasteiger partial charge >= 0.3 is 5.97 Å². The van der Waals surface area contributed by atoms with Crippen molar-refractivity contribution in [1.29, 1.82) is 0 Å². The topological polar surface area (TPSA) is 201 Å². The summed E-state index contributed by atoms with van der Waals surface area (Å²) in [5, 5.41) is 12.6. The minimum Gasteiger partial charge on any atom is -0.459 e. The summed E-state index contributed by atoms with van der Waals surface area (Å²) >= 11 is 0. The molecule has 10 rings (SSSR count). The molecule has 6 unspecified atom stereocenters. The van der Waals surface area contributed by atoms with Gasteiger partial charge in [0, 0.05) is 71.0 Å². The van der Waals surface area contributed by atoms with Gasteiger partial charge in [0.15, 0.2) is 25.7 Å². The predicted octanol–water partition coefficient (Wildman–Crippen LogP) is 12.4. The lowest BCUT2D eigenvalue weighted by atomic mass is 9.79. The zero-order chi connectivity index (χ0) is 67.9. The molecule has 0 aliphatic carbocycles. The van der Waals surface area contributed by atoms with E-state index in [0.717, 1.165) is 49.7 Å². The molecule has 10 fully saturated rings. The fraction of sp³-hybridized carbons (Fsp3) is 0.853. The van der Waals surface area contributed by atoms with Gasteiger partial charge in [-0.15, -0.1) is 6.58 Å². The first-order valence-corrected chi connectivity index (χ1v) is 39.3. The smallest absolute Gasteiger partial charge is 0.308 e. The number of esters is 1. The first kappa shape index (κ1) is 74.1. The van der Waals surface area contributed by atoms with Crippen LogP contribution in [0.1, 0.15) is 192 Å². The molecule has 0 amide bonds. The maximum atomic E-state index is 14.8. The molecule has 0 radical (unpaired) electrons. The average molecular weight is 1340 g/mol. The first-order chi connectivity index (χ1) is 44.4. The van der Waals surface area contributed by atoms with Gasteiger partial charge < -0.3 is 71.1 Å². The molecular weight excluding hydrogens is 1220 g/mol. The summed E-state index contributed by atoms with van der Waals surface area (Å²) in [6.07, 6.45) is 6.20. The van der Waals surface area contributed by atoms with Gasteiger partial charge in [0.05, 0.1) is 117 Å². The molecule has 10 aliphatic rings. The maximum absolute atomic E-state index is 14.8. The van der Waals surface area contributed by atoms with Crippen LogP contribution in [0.15, 0.2) is 49.1 Å². The lowest BCUT2D eigenvalue weighted by Crippen LogP contribution is -2.64. The summed E-state index contributed by atoms with van der Waals surface area (Å²) in [6, 6.07) is 0. The van der Waals surface area contributed by atoms with E-state index >= 15 is 0 Å². The number of Topliss-reactive ketones (excluding diaryl/α,β-unsaturated/α-hetero) is 1. The van der Waals surface area contributed by atoms with Crippen LogP contribution in [-0.2, 0) is 80.4 Å². The monoisotopic (exact) mass is 1340 g/mol. The Kier molecular flexibility index (Phi) is 24.2. The Morgan fingerprint density at radius 2 is 1.45 bits per heavy atom. The number of rotatable bonds is 21. The van der Waals surface area contributed by atoms with Gasteiger partial charge in [-0.25, -0.2) is 0 Å². The zero-order valence-electron chi connectivity index (χ0n) is 59.8. The molecule has 10 aliphatic heterocycles. The fourth-order valence-electron chi connectivity index (χ4n) is 17.3.